The first kappa shape index (κ1) is 21.9. The number of imide groups is 1. The fourth-order valence-electron chi connectivity index (χ4n) is 5.81. The number of carbonyl (C=O) groups is 3. The summed E-state index contributed by atoms with van der Waals surface area (Å²) < 4.78 is 0. The fraction of sp³-hybridized carbons (Fsp3) is 0.357. The van der Waals surface area contributed by atoms with Crippen LogP contribution in [0.1, 0.15) is 58.6 Å². The Kier molecular flexibility index (Phi) is 5.57. The Balaban J connectivity index is 1.12. The lowest BCUT2D eigenvalue weighted by atomic mass is 9.87. The summed E-state index contributed by atoms with van der Waals surface area (Å²) in [6.45, 7) is 3.41. The average molecular weight is 469 g/mol. The van der Waals surface area contributed by atoms with E-state index < -0.39 is 6.04 Å². The van der Waals surface area contributed by atoms with E-state index in [0.29, 0.717) is 24.4 Å². The molecule has 2 aromatic carbocycles. The van der Waals surface area contributed by atoms with Crippen molar-refractivity contribution in [3.05, 3.63) is 77.0 Å². The third-order valence-corrected chi connectivity index (χ3v) is 7.74. The van der Waals surface area contributed by atoms with Gasteiger partial charge in [-0.15, -0.1) is 0 Å². The topological polar surface area (TPSA) is 82.6 Å². The number of benzene rings is 2. The molecule has 3 aliphatic heterocycles. The smallest absolute Gasteiger partial charge is 0.255 e. The van der Waals surface area contributed by atoms with Crippen LogP contribution in [0.2, 0.25) is 0 Å². The van der Waals surface area contributed by atoms with Crippen molar-refractivity contribution in [2.24, 2.45) is 0 Å². The predicted molar refractivity (Wildman–Crippen MR) is 131 cm³/mol. The van der Waals surface area contributed by atoms with Gasteiger partial charge in [-0.25, -0.2) is 0 Å². The lowest BCUT2D eigenvalue weighted by Crippen LogP contribution is -2.52. The zero-order chi connectivity index (χ0) is 23.9. The number of hydrogen-bond acceptors (Lipinski definition) is 5. The molecule has 1 atom stereocenters. The highest BCUT2D eigenvalue weighted by Gasteiger charge is 2.39. The molecule has 1 unspecified atom stereocenters. The molecule has 0 bridgehead atoms. The molecule has 1 aromatic heterocycles. The molecule has 3 amide bonds. The number of para-hydroxylation sites is 1. The van der Waals surface area contributed by atoms with Crippen LogP contribution in [-0.4, -0.2) is 51.6 Å². The normalized spacial score (nSPS) is 21.4. The van der Waals surface area contributed by atoms with Gasteiger partial charge in [-0.3, -0.25) is 29.6 Å². The minimum absolute atomic E-state index is 0.111. The zero-order valence-corrected chi connectivity index (χ0v) is 19.6. The molecule has 7 nitrogen and oxygen atoms in total. The summed E-state index contributed by atoms with van der Waals surface area (Å²) in [7, 11) is 0. The summed E-state index contributed by atoms with van der Waals surface area (Å²) in [5.74, 6) is -0.274. The molecule has 6 rings (SSSR count). The van der Waals surface area contributed by atoms with Gasteiger partial charge in [0.15, 0.2) is 0 Å². The van der Waals surface area contributed by atoms with Crippen LogP contribution in [-0.2, 0) is 22.7 Å². The first-order chi connectivity index (χ1) is 17.1. The van der Waals surface area contributed by atoms with E-state index in [1.54, 1.807) is 4.90 Å². The molecular formula is C28H28N4O3. The maximum Gasteiger partial charge on any atom is 0.255 e. The number of likely N-dealkylation sites (tertiary alicyclic amines) is 1. The van der Waals surface area contributed by atoms with Gasteiger partial charge in [-0.1, -0.05) is 30.3 Å². The molecule has 7 heteroatoms. The number of fused-ring (bicyclic) bond motifs is 2. The summed E-state index contributed by atoms with van der Waals surface area (Å²) in [6.07, 6.45) is 4.71. The van der Waals surface area contributed by atoms with Gasteiger partial charge < -0.3 is 4.90 Å². The van der Waals surface area contributed by atoms with E-state index in [0.717, 1.165) is 43.6 Å². The molecule has 0 aliphatic carbocycles. The molecule has 2 saturated heterocycles. The average Bonchev–Trinajstić information content (AvgIpc) is 3.20. The highest BCUT2D eigenvalue weighted by molar-refractivity contribution is 6.05. The Labute approximate surface area is 204 Å². The van der Waals surface area contributed by atoms with E-state index in [2.05, 4.69) is 51.6 Å². The van der Waals surface area contributed by atoms with E-state index in [1.807, 2.05) is 18.3 Å². The monoisotopic (exact) mass is 468 g/mol. The molecule has 35 heavy (non-hydrogen) atoms. The standard InChI is InChI=1S/C28H28N4O3/c33-26-8-7-25(27(34)30-26)32-17-21-15-19(5-6-23(21)28(32)35)18-10-13-31(14-11-18)16-20-9-12-29-24-4-2-1-3-22(20)24/h1-6,9,12,15,18,25H,7-8,10-11,13-14,16-17H2,(H,30,33,34). The van der Waals surface area contributed by atoms with E-state index >= 15 is 0 Å². The molecule has 1 N–H and O–H groups in total. The van der Waals surface area contributed by atoms with Crippen LogP contribution >= 0.6 is 0 Å². The van der Waals surface area contributed by atoms with E-state index in [4.69, 9.17) is 0 Å². The molecular weight excluding hydrogens is 440 g/mol. The van der Waals surface area contributed by atoms with E-state index in [9.17, 15) is 14.4 Å². The first-order valence-corrected chi connectivity index (χ1v) is 12.4. The number of aromatic nitrogens is 1. The van der Waals surface area contributed by atoms with Crippen LogP contribution in [0, 0.1) is 0 Å². The third kappa shape index (κ3) is 4.10. The second-order valence-electron chi connectivity index (χ2n) is 9.85. The molecule has 0 saturated carbocycles. The van der Waals surface area contributed by atoms with Gasteiger partial charge in [-0.2, -0.15) is 0 Å². The van der Waals surface area contributed by atoms with Gasteiger partial charge in [-0.05, 0) is 73.2 Å². The number of amides is 3. The maximum atomic E-state index is 13.0. The summed E-state index contributed by atoms with van der Waals surface area (Å²) in [4.78, 5) is 45.4. The van der Waals surface area contributed by atoms with Crippen LogP contribution in [0.3, 0.4) is 0 Å². The Bertz CT molecular complexity index is 1320. The number of rotatable bonds is 4. The van der Waals surface area contributed by atoms with Gasteiger partial charge in [0.25, 0.3) is 5.91 Å². The summed E-state index contributed by atoms with van der Waals surface area (Å²) in [5.41, 5.74) is 5.30. The van der Waals surface area contributed by atoms with Gasteiger partial charge >= 0.3 is 0 Å². The van der Waals surface area contributed by atoms with Crippen molar-refractivity contribution in [2.45, 2.75) is 50.7 Å². The predicted octanol–water partition coefficient (Wildman–Crippen LogP) is 3.38. The lowest BCUT2D eigenvalue weighted by molar-refractivity contribution is -0.136. The zero-order valence-electron chi connectivity index (χ0n) is 19.6. The summed E-state index contributed by atoms with van der Waals surface area (Å²) in [6, 6.07) is 16.0. The van der Waals surface area contributed by atoms with Crippen molar-refractivity contribution in [1.29, 1.82) is 0 Å². The number of piperidine rings is 2. The highest BCUT2D eigenvalue weighted by atomic mass is 16.2. The van der Waals surface area contributed by atoms with Crippen LogP contribution in [0.25, 0.3) is 10.9 Å². The Morgan fingerprint density at radius 3 is 2.63 bits per heavy atom. The second-order valence-corrected chi connectivity index (χ2v) is 9.85. The van der Waals surface area contributed by atoms with Gasteiger partial charge in [0, 0.05) is 36.7 Å². The molecule has 178 valence electrons. The molecule has 0 spiro atoms. The van der Waals surface area contributed by atoms with Crippen molar-refractivity contribution < 1.29 is 14.4 Å². The molecule has 2 fully saturated rings. The highest BCUT2D eigenvalue weighted by Crippen LogP contribution is 2.34. The molecule has 0 radical (unpaired) electrons. The fourth-order valence-corrected chi connectivity index (χ4v) is 5.81. The molecule has 4 heterocycles. The molecule has 3 aliphatic rings. The van der Waals surface area contributed by atoms with Crippen molar-refractivity contribution in [2.75, 3.05) is 13.1 Å². The van der Waals surface area contributed by atoms with E-state index in [-0.39, 0.29) is 24.1 Å². The minimum Gasteiger partial charge on any atom is -0.322 e. The SMILES string of the molecule is O=C1CCC(N2Cc3cc(C4CCN(Cc5ccnc6ccccc56)CC4)ccc3C2=O)C(=O)N1. The largest absolute Gasteiger partial charge is 0.322 e. The van der Waals surface area contributed by atoms with Crippen molar-refractivity contribution in [3.8, 4) is 0 Å². The quantitative estimate of drug-likeness (QED) is 0.594. The summed E-state index contributed by atoms with van der Waals surface area (Å²) >= 11 is 0. The van der Waals surface area contributed by atoms with Gasteiger partial charge in [0.05, 0.1) is 5.52 Å². The number of hydrogen-bond donors (Lipinski definition) is 1. The number of nitrogens with one attached hydrogen (secondary N) is 1. The van der Waals surface area contributed by atoms with Crippen molar-refractivity contribution in [1.82, 2.24) is 20.1 Å². The van der Waals surface area contributed by atoms with Crippen LogP contribution in [0.15, 0.2) is 54.7 Å². The van der Waals surface area contributed by atoms with Crippen molar-refractivity contribution in [3.63, 3.8) is 0 Å². The Hall–Kier alpha value is -3.58. The maximum absolute atomic E-state index is 13.0. The van der Waals surface area contributed by atoms with Crippen molar-refractivity contribution >= 4 is 28.6 Å². The number of nitrogens with zero attached hydrogens (tertiary/aromatic N) is 3. The summed E-state index contributed by atoms with van der Waals surface area (Å²) in [5, 5.41) is 3.59. The Morgan fingerprint density at radius 1 is 0.971 bits per heavy atom. The molecule has 3 aromatic rings. The van der Waals surface area contributed by atoms with Crippen LogP contribution in [0.4, 0.5) is 0 Å². The number of carbonyl (C=O) groups excluding carboxylic acids is 3. The van der Waals surface area contributed by atoms with Gasteiger partial charge in [0.1, 0.15) is 6.04 Å². The first-order valence-electron chi connectivity index (χ1n) is 12.4. The van der Waals surface area contributed by atoms with Crippen LogP contribution in [0.5, 0.6) is 0 Å². The Morgan fingerprint density at radius 2 is 1.80 bits per heavy atom. The van der Waals surface area contributed by atoms with E-state index in [1.165, 1.54) is 16.5 Å². The second kappa shape index (κ2) is 8.89. The van der Waals surface area contributed by atoms with Crippen LogP contribution < -0.4 is 5.32 Å². The third-order valence-electron chi connectivity index (χ3n) is 7.74. The minimum atomic E-state index is -0.566. The lowest BCUT2D eigenvalue weighted by Gasteiger charge is -2.32. The number of pyridine rings is 1. The van der Waals surface area contributed by atoms with Gasteiger partial charge in [0.2, 0.25) is 11.8 Å².